The zero-order valence-electron chi connectivity index (χ0n) is 8.75. The number of methoxy groups -OCH3 is 1. The summed E-state index contributed by atoms with van der Waals surface area (Å²) < 4.78 is 8.92. The van der Waals surface area contributed by atoms with E-state index < -0.39 is 0 Å². The summed E-state index contributed by atoms with van der Waals surface area (Å²) in [5.41, 5.74) is 4.56. The number of aromatic nitrogens is 2. The molecule has 0 amide bonds. The minimum atomic E-state index is -0.135. The summed E-state index contributed by atoms with van der Waals surface area (Å²) in [5.74, 6) is 6.34. The number of hydrazine groups is 1. The average Bonchev–Trinajstić information content (AvgIpc) is 2.85. The van der Waals surface area contributed by atoms with Crippen molar-refractivity contribution in [2.24, 2.45) is 5.84 Å². The van der Waals surface area contributed by atoms with Gasteiger partial charge in [0.1, 0.15) is 5.75 Å². The SMILES string of the molecule is COc1ccc(C(NN)c2csnn2)cc1. The first-order chi connectivity index (χ1) is 7.85. The Morgan fingerprint density at radius 3 is 2.62 bits per heavy atom. The molecule has 1 unspecified atom stereocenters. The number of hydrogen-bond donors (Lipinski definition) is 2. The van der Waals surface area contributed by atoms with E-state index >= 15 is 0 Å². The van der Waals surface area contributed by atoms with Gasteiger partial charge in [0.15, 0.2) is 0 Å². The van der Waals surface area contributed by atoms with Gasteiger partial charge in [-0.25, -0.2) is 5.43 Å². The number of hydrogen-bond acceptors (Lipinski definition) is 6. The Balaban J connectivity index is 2.27. The van der Waals surface area contributed by atoms with Gasteiger partial charge in [0.05, 0.1) is 18.8 Å². The van der Waals surface area contributed by atoms with E-state index in [1.54, 1.807) is 7.11 Å². The Morgan fingerprint density at radius 2 is 2.12 bits per heavy atom. The fourth-order valence-electron chi connectivity index (χ4n) is 1.45. The highest BCUT2D eigenvalue weighted by Crippen LogP contribution is 2.22. The normalized spacial score (nSPS) is 12.4. The van der Waals surface area contributed by atoms with Gasteiger partial charge in [-0.15, -0.1) is 5.10 Å². The summed E-state index contributed by atoms with van der Waals surface area (Å²) in [6.45, 7) is 0. The van der Waals surface area contributed by atoms with E-state index in [1.165, 1.54) is 11.5 Å². The van der Waals surface area contributed by atoms with E-state index in [1.807, 2.05) is 29.6 Å². The summed E-state index contributed by atoms with van der Waals surface area (Å²) in [5, 5.41) is 5.87. The van der Waals surface area contributed by atoms with E-state index in [-0.39, 0.29) is 6.04 Å². The Morgan fingerprint density at radius 1 is 1.38 bits per heavy atom. The van der Waals surface area contributed by atoms with Crippen molar-refractivity contribution in [1.29, 1.82) is 0 Å². The molecule has 0 radical (unpaired) electrons. The van der Waals surface area contributed by atoms with Crippen molar-refractivity contribution in [1.82, 2.24) is 15.0 Å². The van der Waals surface area contributed by atoms with Gasteiger partial charge in [0, 0.05) is 5.38 Å². The summed E-state index contributed by atoms with van der Waals surface area (Å²) in [4.78, 5) is 0. The number of ether oxygens (including phenoxy) is 1. The van der Waals surface area contributed by atoms with Crippen LogP contribution in [0.1, 0.15) is 17.3 Å². The lowest BCUT2D eigenvalue weighted by Crippen LogP contribution is -2.29. The summed E-state index contributed by atoms with van der Waals surface area (Å²) in [6.07, 6.45) is 0. The molecule has 5 nitrogen and oxygen atoms in total. The zero-order valence-corrected chi connectivity index (χ0v) is 9.57. The van der Waals surface area contributed by atoms with E-state index in [0.717, 1.165) is 17.0 Å². The largest absolute Gasteiger partial charge is 0.497 e. The van der Waals surface area contributed by atoms with Crippen LogP contribution in [0.4, 0.5) is 0 Å². The minimum absolute atomic E-state index is 0.135. The fourth-order valence-corrected chi connectivity index (χ4v) is 1.93. The van der Waals surface area contributed by atoms with Crippen molar-refractivity contribution in [3.05, 3.63) is 40.9 Å². The molecular formula is C10H12N4OS. The molecule has 0 aliphatic heterocycles. The van der Waals surface area contributed by atoms with Gasteiger partial charge >= 0.3 is 0 Å². The van der Waals surface area contributed by atoms with E-state index in [0.29, 0.717) is 0 Å². The lowest BCUT2D eigenvalue weighted by atomic mass is 10.1. The smallest absolute Gasteiger partial charge is 0.118 e. The van der Waals surface area contributed by atoms with Crippen LogP contribution in [-0.2, 0) is 0 Å². The molecule has 0 saturated heterocycles. The summed E-state index contributed by atoms with van der Waals surface area (Å²) in [6, 6.07) is 7.54. The summed E-state index contributed by atoms with van der Waals surface area (Å²) >= 11 is 1.30. The molecule has 6 heteroatoms. The Kier molecular flexibility index (Phi) is 3.45. The van der Waals surface area contributed by atoms with Crippen molar-refractivity contribution in [2.75, 3.05) is 7.11 Å². The summed E-state index contributed by atoms with van der Waals surface area (Å²) in [7, 11) is 1.64. The molecule has 2 aromatic rings. The van der Waals surface area contributed by atoms with Crippen molar-refractivity contribution in [3.63, 3.8) is 0 Å². The number of nitrogens with zero attached hydrogens (tertiary/aromatic N) is 2. The molecule has 0 saturated carbocycles. The van der Waals surface area contributed by atoms with Gasteiger partial charge in [-0.2, -0.15) is 0 Å². The lowest BCUT2D eigenvalue weighted by molar-refractivity contribution is 0.414. The first-order valence-electron chi connectivity index (χ1n) is 4.72. The fraction of sp³-hybridized carbons (Fsp3) is 0.200. The Bertz CT molecular complexity index is 429. The maximum atomic E-state index is 5.52. The van der Waals surface area contributed by atoms with E-state index in [9.17, 15) is 0 Å². The molecule has 1 aromatic carbocycles. The third kappa shape index (κ3) is 2.19. The van der Waals surface area contributed by atoms with Crippen LogP contribution in [0.3, 0.4) is 0 Å². The Labute approximate surface area is 97.4 Å². The third-order valence-electron chi connectivity index (χ3n) is 2.29. The van der Waals surface area contributed by atoms with Gasteiger partial charge in [-0.05, 0) is 29.2 Å². The van der Waals surface area contributed by atoms with Crippen LogP contribution in [0.2, 0.25) is 0 Å². The van der Waals surface area contributed by atoms with Crippen LogP contribution in [0.5, 0.6) is 5.75 Å². The highest BCUT2D eigenvalue weighted by Gasteiger charge is 2.14. The number of benzene rings is 1. The molecule has 1 atom stereocenters. The highest BCUT2D eigenvalue weighted by atomic mass is 32.1. The van der Waals surface area contributed by atoms with Crippen molar-refractivity contribution in [2.45, 2.75) is 6.04 Å². The topological polar surface area (TPSA) is 73.1 Å². The average molecular weight is 236 g/mol. The molecule has 3 N–H and O–H groups in total. The maximum absolute atomic E-state index is 5.52. The van der Waals surface area contributed by atoms with E-state index in [4.69, 9.17) is 10.6 Å². The Hall–Kier alpha value is -1.50. The first-order valence-corrected chi connectivity index (χ1v) is 5.56. The standard InChI is InChI=1S/C10H12N4OS/c1-15-8-4-2-7(3-5-8)10(12-11)9-6-16-14-13-9/h2-6,10,12H,11H2,1H3. The van der Waals surface area contributed by atoms with Crippen LogP contribution in [0.25, 0.3) is 0 Å². The molecular weight excluding hydrogens is 224 g/mol. The minimum Gasteiger partial charge on any atom is -0.497 e. The van der Waals surface area contributed by atoms with Gasteiger partial charge in [-0.1, -0.05) is 16.6 Å². The highest BCUT2D eigenvalue weighted by molar-refractivity contribution is 7.03. The molecule has 0 aliphatic rings. The van der Waals surface area contributed by atoms with Gasteiger partial charge < -0.3 is 4.74 Å². The maximum Gasteiger partial charge on any atom is 0.118 e. The monoisotopic (exact) mass is 236 g/mol. The van der Waals surface area contributed by atoms with Crippen LogP contribution >= 0.6 is 11.5 Å². The van der Waals surface area contributed by atoms with Crippen molar-refractivity contribution in [3.8, 4) is 5.75 Å². The molecule has 16 heavy (non-hydrogen) atoms. The molecule has 1 aromatic heterocycles. The quantitative estimate of drug-likeness (QED) is 0.614. The lowest BCUT2D eigenvalue weighted by Gasteiger charge is -2.13. The van der Waals surface area contributed by atoms with Crippen molar-refractivity contribution < 1.29 is 4.74 Å². The molecule has 0 fully saturated rings. The molecule has 0 spiro atoms. The molecule has 2 rings (SSSR count). The van der Waals surface area contributed by atoms with Crippen LogP contribution in [-0.4, -0.2) is 16.7 Å². The van der Waals surface area contributed by atoms with Crippen molar-refractivity contribution >= 4 is 11.5 Å². The van der Waals surface area contributed by atoms with E-state index in [2.05, 4.69) is 15.0 Å². The van der Waals surface area contributed by atoms with Crippen LogP contribution in [0.15, 0.2) is 29.6 Å². The molecule has 0 aliphatic carbocycles. The van der Waals surface area contributed by atoms with Gasteiger partial charge in [0.25, 0.3) is 0 Å². The second-order valence-corrected chi connectivity index (χ2v) is 3.81. The molecule has 84 valence electrons. The molecule has 1 heterocycles. The number of rotatable bonds is 4. The molecule has 0 bridgehead atoms. The van der Waals surface area contributed by atoms with Crippen LogP contribution < -0.4 is 16.0 Å². The van der Waals surface area contributed by atoms with Gasteiger partial charge in [0.2, 0.25) is 0 Å². The third-order valence-corrected chi connectivity index (χ3v) is 2.81. The second kappa shape index (κ2) is 5.02. The predicted molar refractivity (Wildman–Crippen MR) is 62.1 cm³/mol. The van der Waals surface area contributed by atoms with Gasteiger partial charge in [-0.3, -0.25) is 5.84 Å². The predicted octanol–water partition coefficient (Wildman–Crippen LogP) is 1.10. The second-order valence-electron chi connectivity index (χ2n) is 3.20. The first kappa shape index (κ1) is 11.0. The van der Waals surface area contributed by atoms with Crippen LogP contribution in [0, 0.1) is 0 Å². The zero-order chi connectivity index (χ0) is 11.4. The number of nitrogens with two attached hydrogens (primary N) is 1. The number of nitrogens with one attached hydrogen (secondary N) is 1.